The van der Waals surface area contributed by atoms with Gasteiger partial charge in [-0.15, -0.1) is 0 Å². The van der Waals surface area contributed by atoms with Crippen molar-refractivity contribution in [1.29, 1.82) is 0 Å². The molecule has 2 fully saturated rings. The van der Waals surface area contributed by atoms with Crippen LogP contribution in [0, 0.1) is 0 Å². The summed E-state index contributed by atoms with van der Waals surface area (Å²) < 4.78 is 48.0. The first kappa shape index (κ1) is 32.8. The Morgan fingerprint density at radius 3 is 1.95 bits per heavy atom. The van der Waals surface area contributed by atoms with E-state index in [1.165, 1.54) is 6.07 Å². The maximum absolute atomic E-state index is 12.1. The summed E-state index contributed by atoms with van der Waals surface area (Å²) >= 11 is 0. The van der Waals surface area contributed by atoms with Gasteiger partial charge < -0.3 is 55.6 Å². The normalized spacial score (nSPS) is 37.4. The quantitative estimate of drug-likeness (QED) is 0.0964. The zero-order valence-corrected chi connectivity index (χ0v) is 22.8. The molecule has 0 bridgehead atoms. The number of nitrogen functional groups attached to an aromatic ring is 1. The summed E-state index contributed by atoms with van der Waals surface area (Å²) in [4.78, 5) is 34.8. The average Bonchev–Trinajstić information content (AvgIpc) is 3.05. The van der Waals surface area contributed by atoms with Crippen molar-refractivity contribution < 1.29 is 72.4 Å². The molecule has 2 aliphatic rings. The molecule has 0 saturated carbocycles. The first-order valence-electron chi connectivity index (χ1n) is 10.0. The molecule has 3 heterocycles. The maximum Gasteiger partial charge on any atom is 0.481 e. The number of hydrogen-bond acceptors (Lipinski definition) is 16. The van der Waals surface area contributed by atoms with E-state index in [9.17, 15) is 54.4 Å². The molecule has 0 aliphatic carbocycles. The van der Waals surface area contributed by atoms with Gasteiger partial charge in [-0.25, -0.2) is 13.9 Å². The third-order valence-corrected chi connectivity index (χ3v) is 7.76. The van der Waals surface area contributed by atoms with Gasteiger partial charge in [0.1, 0.15) is 48.5 Å². The molecule has 0 spiro atoms. The van der Waals surface area contributed by atoms with E-state index in [-0.39, 0.29) is 35.4 Å². The van der Waals surface area contributed by atoms with Crippen molar-refractivity contribution in [3.8, 4) is 0 Å². The van der Waals surface area contributed by atoms with Crippen LogP contribution >= 0.6 is 15.6 Å². The number of phosphoric acid groups is 2. The van der Waals surface area contributed by atoms with Crippen LogP contribution in [0.25, 0.3) is 0 Å². The van der Waals surface area contributed by atoms with Crippen LogP contribution in [0.4, 0.5) is 5.82 Å². The largest absolute Gasteiger partial charge is 0.481 e. The predicted octanol–water partition coefficient (Wildman–Crippen LogP) is -4.89. The SMILES string of the molecule is Nc1ccn([C@H]2O[C@@H](COP(=O)(O)OP(=O)(O)OC[C@H]3O[C@H](O)[C@H](O)[C@@H](O)[C@@H]3O)[C@H](O)[C@@H]2O)c(=O)n1.[Na]. The number of rotatable bonds is 9. The summed E-state index contributed by atoms with van der Waals surface area (Å²) in [5.41, 5.74) is 4.45. The van der Waals surface area contributed by atoms with Gasteiger partial charge in [0, 0.05) is 35.8 Å². The average molecular weight is 588 g/mol. The van der Waals surface area contributed by atoms with Gasteiger partial charge in [-0.2, -0.15) is 9.29 Å². The van der Waals surface area contributed by atoms with Crippen LogP contribution < -0.4 is 11.4 Å². The zero-order chi connectivity index (χ0) is 27.0. The van der Waals surface area contributed by atoms with Gasteiger partial charge in [-0.1, -0.05) is 0 Å². The topological polar surface area (TPSA) is 303 Å². The predicted molar refractivity (Wildman–Crippen MR) is 116 cm³/mol. The number of nitrogens with zero attached hydrogens (tertiary/aromatic N) is 2. The van der Waals surface area contributed by atoms with Crippen molar-refractivity contribution in [2.75, 3.05) is 18.9 Å². The fraction of sp³-hybridized carbons (Fsp3) is 0.733. The van der Waals surface area contributed by atoms with E-state index in [4.69, 9.17) is 15.2 Å². The molecule has 11 atom stereocenters. The molecule has 1 aromatic rings. The Labute approximate surface area is 229 Å². The van der Waals surface area contributed by atoms with E-state index in [2.05, 4.69) is 18.3 Å². The molecule has 2 unspecified atom stereocenters. The van der Waals surface area contributed by atoms with Crippen LogP contribution in [0.15, 0.2) is 17.1 Å². The molecular weight excluding hydrogens is 563 g/mol. The number of aliphatic hydroxyl groups is 6. The van der Waals surface area contributed by atoms with Gasteiger partial charge in [0.25, 0.3) is 0 Å². The molecule has 3 rings (SSSR count). The summed E-state index contributed by atoms with van der Waals surface area (Å²) in [6.07, 6.45) is -14.6. The second-order valence-corrected chi connectivity index (χ2v) is 10.8. The van der Waals surface area contributed by atoms with Crippen LogP contribution in [0.2, 0.25) is 0 Å². The standard InChI is InChI=1S/C15H25N3O16P2.Na/c16-7-1-2-18(15(25)17-7)13-11(22)9(20)5(32-13)3-30-35(26,27)34-36(28,29)31-4-6-8(19)10(21)12(23)14(24)33-6;/h1-2,5-6,8-14,19-24H,3-4H2,(H,26,27)(H,28,29)(H2,16,17,25);/t5-,6+,8+,9-,10-,11-,12+,13-,14-;/m0./s1. The first-order valence-corrected chi connectivity index (χ1v) is 13.0. The smallest absolute Gasteiger partial charge is 0.387 e. The molecule has 10 N–H and O–H groups in total. The number of phosphoric ester groups is 2. The molecular formula is C15H25N3NaO16P2. The van der Waals surface area contributed by atoms with E-state index in [0.717, 1.165) is 10.8 Å². The first-order chi connectivity index (χ1) is 16.6. The van der Waals surface area contributed by atoms with E-state index in [1.807, 2.05) is 0 Å². The Kier molecular flexibility index (Phi) is 11.4. The van der Waals surface area contributed by atoms with Gasteiger partial charge in [0.2, 0.25) is 0 Å². The van der Waals surface area contributed by atoms with Gasteiger partial charge >= 0.3 is 21.3 Å². The number of ether oxygens (including phenoxy) is 2. The van der Waals surface area contributed by atoms with E-state index in [0.29, 0.717) is 0 Å². The summed E-state index contributed by atoms with van der Waals surface area (Å²) in [5.74, 6) is -0.118. The minimum Gasteiger partial charge on any atom is -0.387 e. The van der Waals surface area contributed by atoms with Crippen LogP contribution in [0.5, 0.6) is 0 Å². The summed E-state index contributed by atoms with van der Waals surface area (Å²) in [7, 11) is -10.8. The fourth-order valence-corrected chi connectivity index (χ4v) is 5.39. The number of anilines is 1. The minimum absolute atomic E-state index is 0. The molecule has 0 aromatic carbocycles. The molecule has 0 amide bonds. The second kappa shape index (κ2) is 12.9. The summed E-state index contributed by atoms with van der Waals surface area (Å²) in [6.45, 7) is -2.02. The minimum atomic E-state index is -5.40. The summed E-state index contributed by atoms with van der Waals surface area (Å²) in [5, 5.41) is 58.5. The van der Waals surface area contributed by atoms with Crippen molar-refractivity contribution in [2.24, 2.45) is 0 Å². The molecule has 19 nitrogen and oxygen atoms in total. The molecule has 1 aromatic heterocycles. The molecule has 2 aliphatic heterocycles. The van der Waals surface area contributed by atoms with Gasteiger partial charge in [-0.05, 0) is 6.07 Å². The van der Waals surface area contributed by atoms with Crippen molar-refractivity contribution in [1.82, 2.24) is 9.55 Å². The second-order valence-electron chi connectivity index (χ2n) is 7.74. The van der Waals surface area contributed by atoms with Crippen LogP contribution in [0.3, 0.4) is 0 Å². The van der Waals surface area contributed by atoms with Gasteiger partial charge in [0.05, 0.1) is 13.2 Å². The fourth-order valence-electron chi connectivity index (χ4n) is 3.30. The van der Waals surface area contributed by atoms with E-state index < -0.39 is 89.8 Å². The number of hydrogen-bond donors (Lipinski definition) is 9. The Morgan fingerprint density at radius 2 is 1.41 bits per heavy atom. The van der Waals surface area contributed by atoms with E-state index >= 15 is 0 Å². The molecule has 22 heteroatoms. The van der Waals surface area contributed by atoms with Gasteiger partial charge in [-0.3, -0.25) is 13.6 Å². The monoisotopic (exact) mass is 588 g/mol. The number of aliphatic hydroxyl groups excluding tert-OH is 6. The third-order valence-electron chi connectivity index (χ3n) is 5.16. The maximum atomic E-state index is 12.1. The number of aromatic nitrogens is 2. The molecule has 207 valence electrons. The Morgan fingerprint density at radius 1 is 0.892 bits per heavy atom. The Bertz CT molecular complexity index is 1080. The van der Waals surface area contributed by atoms with Crippen molar-refractivity contribution >= 4 is 51.0 Å². The van der Waals surface area contributed by atoms with E-state index in [1.54, 1.807) is 0 Å². The Hall–Kier alpha value is -0.380. The zero-order valence-electron chi connectivity index (χ0n) is 19.0. The molecule has 2 saturated heterocycles. The third kappa shape index (κ3) is 8.07. The van der Waals surface area contributed by atoms with Crippen LogP contribution in [0.1, 0.15) is 6.23 Å². The summed E-state index contributed by atoms with van der Waals surface area (Å²) in [6, 6.07) is 1.21. The van der Waals surface area contributed by atoms with Crippen LogP contribution in [-0.4, -0.2) is 142 Å². The van der Waals surface area contributed by atoms with Crippen molar-refractivity contribution in [3.05, 3.63) is 22.7 Å². The molecule has 1 radical (unpaired) electrons. The van der Waals surface area contributed by atoms with Crippen LogP contribution in [-0.2, 0) is 32.0 Å². The van der Waals surface area contributed by atoms with Crippen molar-refractivity contribution in [3.63, 3.8) is 0 Å². The Balaban J connectivity index is 0.00000481. The van der Waals surface area contributed by atoms with Gasteiger partial charge in [0.15, 0.2) is 12.5 Å². The molecule has 37 heavy (non-hydrogen) atoms. The van der Waals surface area contributed by atoms with Crippen molar-refractivity contribution in [2.45, 2.75) is 55.2 Å². The number of nitrogens with two attached hydrogens (primary N) is 1.